The van der Waals surface area contributed by atoms with Crippen LogP contribution < -0.4 is 5.32 Å². The fraction of sp³-hybridized carbons (Fsp3) is 1.00. The van der Waals surface area contributed by atoms with Gasteiger partial charge >= 0.3 is 0 Å². The monoisotopic (exact) mass is 264 g/mol. The maximum atomic E-state index is 3.74. The van der Waals surface area contributed by atoms with Gasteiger partial charge in [0.1, 0.15) is 0 Å². The van der Waals surface area contributed by atoms with Crippen LogP contribution in [0.3, 0.4) is 0 Å². The second-order valence-electron chi connectivity index (χ2n) is 7.42. The molecule has 1 aliphatic heterocycles. The topological polar surface area (TPSA) is 15.3 Å². The molecule has 110 valence electrons. The van der Waals surface area contributed by atoms with Gasteiger partial charge in [-0.15, -0.1) is 0 Å². The van der Waals surface area contributed by atoms with Crippen molar-refractivity contribution in [2.75, 3.05) is 26.2 Å². The Morgan fingerprint density at radius 2 is 1.79 bits per heavy atom. The molecule has 2 unspecified atom stereocenters. The molecule has 2 atom stereocenters. The van der Waals surface area contributed by atoms with Gasteiger partial charge in [0.15, 0.2) is 0 Å². The molecule has 0 bridgehead atoms. The Balaban J connectivity index is 1.45. The summed E-state index contributed by atoms with van der Waals surface area (Å²) in [6.07, 6.45) is 8.76. The number of rotatable bonds is 7. The second-order valence-corrected chi connectivity index (χ2v) is 7.42. The van der Waals surface area contributed by atoms with Gasteiger partial charge in [-0.3, -0.25) is 0 Å². The first kappa shape index (κ1) is 13.9. The zero-order valence-electron chi connectivity index (χ0n) is 12.9. The van der Waals surface area contributed by atoms with Crippen LogP contribution in [-0.4, -0.2) is 37.1 Å². The SMILES string of the molecule is CCCNC1CCN(CC(C2CC2)C2CC2)CC1C. The van der Waals surface area contributed by atoms with Crippen LogP contribution in [0.5, 0.6) is 0 Å². The van der Waals surface area contributed by atoms with Crippen molar-refractivity contribution in [2.45, 2.75) is 58.4 Å². The molecule has 19 heavy (non-hydrogen) atoms. The Bertz CT molecular complexity index is 271. The van der Waals surface area contributed by atoms with Crippen LogP contribution in [0.2, 0.25) is 0 Å². The average Bonchev–Trinajstić information content (AvgIpc) is 3.28. The maximum Gasteiger partial charge on any atom is 0.0117 e. The van der Waals surface area contributed by atoms with E-state index < -0.39 is 0 Å². The van der Waals surface area contributed by atoms with Gasteiger partial charge in [0.05, 0.1) is 0 Å². The average molecular weight is 264 g/mol. The van der Waals surface area contributed by atoms with Crippen molar-refractivity contribution in [3.63, 3.8) is 0 Å². The van der Waals surface area contributed by atoms with Gasteiger partial charge in [-0.25, -0.2) is 0 Å². The van der Waals surface area contributed by atoms with Gasteiger partial charge in [-0.1, -0.05) is 13.8 Å². The van der Waals surface area contributed by atoms with Crippen LogP contribution in [-0.2, 0) is 0 Å². The van der Waals surface area contributed by atoms with Gasteiger partial charge in [-0.05, 0) is 75.3 Å². The molecule has 0 aromatic rings. The van der Waals surface area contributed by atoms with Gasteiger partial charge in [0.25, 0.3) is 0 Å². The number of hydrogen-bond donors (Lipinski definition) is 1. The highest BCUT2D eigenvalue weighted by molar-refractivity contribution is 4.94. The fourth-order valence-corrected chi connectivity index (χ4v) is 4.06. The van der Waals surface area contributed by atoms with Gasteiger partial charge in [0.2, 0.25) is 0 Å². The summed E-state index contributed by atoms with van der Waals surface area (Å²) in [5.41, 5.74) is 0. The highest BCUT2D eigenvalue weighted by Crippen LogP contribution is 2.49. The predicted octanol–water partition coefficient (Wildman–Crippen LogP) is 3.13. The van der Waals surface area contributed by atoms with E-state index in [-0.39, 0.29) is 0 Å². The van der Waals surface area contributed by atoms with Crippen LogP contribution in [0.15, 0.2) is 0 Å². The van der Waals surface area contributed by atoms with Crippen LogP contribution in [0.4, 0.5) is 0 Å². The summed E-state index contributed by atoms with van der Waals surface area (Å²) >= 11 is 0. The third kappa shape index (κ3) is 3.72. The number of nitrogens with zero attached hydrogens (tertiary/aromatic N) is 1. The van der Waals surface area contributed by atoms with Crippen molar-refractivity contribution >= 4 is 0 Å². The first-order valence-corrected chi connectivity index (χ1v) is 8.73. The lowest BCUT2D eigenvalue weighted by Crippen LogP contribution is -2.49. The van der Waals surface area contributed by atoms with Crippen LogP contribution in [0.25, 0.3) is 0 Å². The number of likely N-dealkylation sites (tertiary alicyclic amines) is 1. The highest BCUT2D eigenvalue weighted by atomic mass is 15.2. The van der Waals surface area contributed by atoms with E-state index in [1.165, 1.54) is 64.7 Å². The van der Waals surface area contributed by atoms with E-state index in [9.17, 15) is 0 Å². The molecule has 0 radical (unpaired) electrons. The normalized spacial score (nSPS) is 33.0. The molecule has 1 saturated heterocycles. The van der Waals surface area contributed by atoms with E-state index in [1.54, 1.807) is 0 Å². The lowest BCUT2D eigenvalue weighted by atomic mass is 9.91. The summed E-state index contributed by atoms with van der Waals surface area (Å²) in [6, 6.07) is 0.775. The Morgan fingerprint density at radius 1 is 1.11 bits per heavy atom. The minimum Gasteiger partial charge on any atom is -0.314 e. The van der Waals surface area contributed by atoms with Crippen molar-refractivity contribution in [3.05, 3.63) is 0 Å². The molecule has 0 aromatic heterocycles. The molecule has 1 N–H and O–H groups in total. The molecule has 2 aliphatic carbocycles. The van der Waals surface area contributed by atoms with Gasteiger partial charge in [0, 0.05) is 19.1 Å². The Hall–Kier alpha value is -0.0800. The third-order valence-electron chi connectivity index (χ3n) is 5.57. The molecule has 2 nitrogen and oxygen atoms in total. The molecule has 0 spiro atoms. The standard InChI is InChI=1S/C17H32N2/c1-3-9-18-17-8-10-19(11-13(17)2)12-16(14-4-5-14)15-6-7-15/h13-18H,3-12H2,1-2H3. The molecule has 2 saturated carbocycles. The minimum absolute atomic E-state index is 0.775. The Labute approximate surface area is 119 Å². The van der Waals surface area contributed by atoms with Crippen LogP contribution in [0, 0.1) is 23.7 Å². The lowest BCUT2D eigenvalue weighted by molar-refractivity contribution is 0.118. The smallest absolute Gasteiger partial charge is 0.0117 e. The van der Waals surface area contributed by atoms with Crippen molar-refractivity contribution in [2.24, 2.45) is 23.7 Å². The third-order valence-corrected chi connectivity index (χ3v) is 5.57. The van der Waals surface area contributed by atoms with Crippen molar-refractivity contribution in [1.82, 2.24) is 10.2 Å². The molecule has 3 rings (SSSR count). The zero-order valence-corrected chi connectivity index (χ0v) is 12.9. The van der Waals surface area contributed by atoms with Crippen molar-refractivity contribution < 1.29 is 0 Å². The van der Waals surface area contributed by atoms with E-state index in [0.717, 1.165) is 29.7 Å². The quantitative estimate of drug-likeness (QED) is 0.760. The summed E-state index contributed by atoms with van der Waals surface area (Å²) in [7, 11) is 0. The molecule has 3 aliphatic rings. The van der Waals surface area contributed by atoms with E-state index in [1.807, 2.05) is 0 Å². The molecule has 0 aromatic carbocycles. The fourth-order valence-electron chi connectivity index (χ4n) is 4.06. The predicted molar refractivity (Wildman–Crippen MR) is 81.2 cm³/mol. The number of nitrogens with one attached hydrogen (secondary N) is 1. The molecular formula is C17H32N2. The Kier molecular flexibility index (Phi) is 4.48. The van der Waals surface area contributed by atoms with Gasteiger partial charge < -0.3 is 10.2 Å². The lowest BCUT2D eigenvalue weighted by Gasteiger charge is -2.39. The van der Waals surface area contributed by atoms with Crippen molar-refractivity contribution in [1.29, 1.82) is 0 Å². The summed E-state index contributed by atoms with van der Waals surface area (Å²) < 4.78 is 0. The second kappa shape index (κ2) is 6.13. The first-order chi connectivity index (χ1) is 9.28. The molecular weight excluding hydrogens is 232 g/mol. The summed E-state index contributed by atoms with van der Waals surface area (Å²) in [5.74, 6) is 4.11. The van der Waals surface area contributed by atoms with E-state index in [4.69, 9.17) is 0 Å². The first-order valence-electron chi connectivity index (χ1n) is 8.73. The Morgan fingerprint density at radius 3 is 2.32 bits per heavy atom. The zero-order chi connectivity index (χ0) is 13.2. The molecule has 3 fully saturated rings. The van der Waals surface area contributed by atoms with Crippen molar-refractivity contribution in [3.8, 4) is 0 Å². The minimum atomic E-state index is 0.775. The van der Waals surface area contributed by atoms with E-state index in [0.29, 0.717) is 0 Å². The summed E-state index contributed by atoms with van der Waals surface area (Å²) in [6.45, 7) is 9.99. The number of hydrogen-bond acceptors (Lipinski definition) is 2. The molecule has 2 heteroatoms. The highest BCUT2D eigenvalue weighted by Gasteiger charge is 2.42. The summed E-state index contributed by atoms with van der Waals surface area (Å²) in [4.78, 5) is 2.79. The molecule has 0 amide bonds. The van der Waals surface area contributed by atoms with Gasteiger partial charge in [-0.2, -0.15) is 0 Å². The molecule has 1 heterocycles. The largest absolute Gasteiger partial charge is 0.314 e. The van der Waals surface area contributed by atoms with E-state index in [2.05, 4.69) is 24.1 Å². The summed E-state index contributed by atoms with van der Waals surface area (Å²) in [5, 5.41) is 3.74. The van der Waals surface area contributed by atoms with Crippen LogP contribution in [0.1, 0.15) is 52.4 Å². The van der Waals surface area contributed by atoms with Crippen LogP contribution >= 0.6 is 0 Å². The number of piperidine rings is 1. The van der Waals surface area contributed by atoms with E-state index >= 15 is 0 Å². The maximum absolute atomic E-state index is 3.74.